The summed E-state index contributed by atoms with van der Waals surface area (Å²) in [4.78, 5) is 44.0. The van der Waals surface area contributed by atoms with E-state index < -0.39 is 23.8 Å². The molecule has 1 aromatic carbocycles. The van der Waals surface area contributed by atoms with Crippen molar-refractivity contribution >= 4 is 28.6 Å². The van der Waals surface area contributed by atoms with Gasteiger partial charge in [0.15, 0.2) is 12.1 Å². The zero-order chi connectivity index (χ0) is 19.1. The summed E-state index contributed by atoms with van der Waals surface area (Å²) in [6, 6.07) is 6.52. The van der Waals surface area contributed by atoms with Gasteiger partial charge in [-0.3, -0.25) is 9.78 Å². The number of fused-ring (bicyclic) bond motifs is 1. The average Bonchev–Trinajstić information content (AvgIpc) is 3.45. The second kappa shape index (κ2) is 6.55. The van der Waals surface area contributed by atoms with Crippen molar-refractivity contribution in [3.8, 4) is 17.0 Å². The molecule has 3 aromatic rings. The molecule has 4 rings (SSSR count). The number of nitrogens with one attached hydrogen (secondary N) is 2. The Morgan fingerprint density at radius 2 is 2.04 bits per heavy atom. The molecule has 2 aromatic heterocycles. The lowest BCUT2D eigenvalue weighted by atomic mass is 10.0. The zero-order valence-electron chi connectivity index (χ0n) is 13.9. The van der Waals surface area contributed by atoms with Gasteiger partial charge in [-0.05, 0) is 48.6 Å². The summed E-state index contributed by atoms with van der Waals surface area (Å²) < 4.78 is 5.34. The number of benzene rings is 1. The second-order valence-electron chi connectivity index (χ2n) is 6.33. The summed E-state index contributed by atoms with van der Waals surface area (Å²) in [6.45, 7) is -0.522. The molecule has 1 fully saturated rings. The van der Waals surface area contributed by atoms with E-state index in [1.54, 1.807) is 24.3 Å². The number of H-pyrrole nitrogens is 2. The van der Waals surface area contributed by atoms with E-state index in [0.717, 1.165) is 18.4 Å². The number of nitrogens with zero attached hydrogens (tertiary/aromatic N) is 1. The Kier molecular flexibility index (Phi) is 4.19. The summed E-state index contributed by atoms with van der Waals surface area (Å²) in [6.07, 6.45) is 1.90. The summed E-state index contributed by atoms with van der Waals surface area (Å²) >= 11 is 6.10. The van der Waals surface area contributed by atoms with E-state index in [2.05, 4.69) is 15.0 Å². The number of carboxylic acid groups (broad SMARTS) is 1. The van der Waals surface area contributed by atoms with Gasteiger partial charge in [-0.15, -0.1) is 0 Å². The first-order valence-corrected chi connectivity index (χ1v) is 8.62. The fourth-order valence-electron chi connectivity index (χ4n) is 2.99. The van der Waals surface area contributed by atoms with E-state index in [1.807, 2.05) is 0 Å². The van der Waals surface area contributed by atoms with Gasteiger partial charge in [-0.2, -0.15) is 0 Å². The van der Waals surface area contributed by atoms with Gasteiger partial charge in [0.25, 0.3) is 5.56 Å². The number of halogens is 1. The smallest absolute Gasteiger partial charge is 0.341 e. The predicted molar refractivity (Wildman–Crippen MR) is 98.5 cm³/mol. The maximum Gasteiger partial charge on any atom is 0.341 e. The number of ether oxygens (including phenoxy) is 1. The molecule has 3 N–H and O–H groups in total. The standard InChI is InChI=1S/C18H14ClN3O5/c19-9-3-4-13(27-7-14(23)24)11(5-9)12-6-10(8-1-2-8)15-16(20-12)17(25)22-18(26)21-15/h3-6,8H,1-2,7H2,(H,23,24)(H2,21,22,25,26). The third-order valence-electron chi connectivity index (χ3n) is 4.32. The fraction of sp³-hybridized carbons (Fsp3) is 0.222. The van der Waals surface area contributed by atoms with Crippen molar-refractivity contribution in [3.05, 3.63) is 55.7 Å². The number of aromatic amines is 2. The summed E-state index contributed by atoms with van der Waals surface area (Å²) in [5.74, 6) is -0.597. The van der Waals surface area contributed by atoms with Gasteiger partial charge >= 0.3 is 11.7 Å². The summed E-state index contributed by atoms with van der Waals surface area (Å²) in [7, 11) is 0. The van der Waals surface area contributed by atoms with E-state index in [-0.39, 0.29) is 17.2 Å². The summed E-state index contributed by atoms with van der Waals surface area (Å²) in [5.41, 5.74) is 1.07. The van der Waals surface area contributed by atoms with Gasteiger partial charge in [0, 0.05) is 10.6 Å². The Hall–Kier alpha value is -3.13. The van der Waals surface area contributed by atoms with E-state index in [4.69, 9.17) is 21.4 Å². The summed E-state index contributed by atoms with van der Waals surface area (Å²) in [5, 5.41) is 9.29. The molecule has 0 saturated heterocycles. The van der Waals surface area contributed by atoms with Crippen molar-refractivity contribution in [1.82, 2.24) is 15.0 Å². The minimum Gasteiger partial charge on any atom is -0.481 e. The first-order valence-electron chi connectivity index (χ1n) is 8.24. The van der Waals surface area contributed by atoms with Crippen LogP contribution in [0.3, 0.4) is 0 Å². The van der Waals surface area contributed by atoms with Crippen LogP contribution in [0.1, 0.15) is 24.3 Å². The normalized spacial score (nSPS) is 13.7. The molecular formula is C18H14ClN3O5. The van der Waals surface area contributed by atoms with Gasteiger partial charge in [-0.25, -0.2) is 14.6 Å². The van der Waals surface area contributed by atoms with Crippen LogP contribution in [0.25, 0.3) is 22.3 Å². The van der Waals surface area contributed by atoms with Crippen LogP contribution in [-0.2, 0) is 4.79 Å². The number of hydrogen-bond donors (Lipinski definition) is 3. The van der Waals surface area contributed by atoms with Crippen molar-refractivity contribution in [3.63, 3.8) is 0 Å². The highest BCUT2D eigenvalue weighted by atomic mass is 35.5. The topological polar surface area (TPSA) is 125 Å². The van der Waals surface area contributed by atoms with Crippen LogP contribution in [0.15, 0.2) is 33.9 Å². The Morgan fingerprint density at radius 3 is 2.74 bits per heavy atom. The van der Waals surface area contributed by atoms with Crippen LogP contribution in [0.5, 0.6) is 5.75 Å². The first kappa shape index (κ1) is 17.3. The first-order chi connectivity index (χ1) is 12.9. The lowest BCUT2D eigenvalue weighted by Gasteiger charge is -2.13. The zero-order valence-corrected chi connectivity index (χ0v) is 14.7. The van der Waals surface area contributed by atoms with Crippen molar-refractivity contribution in [2.45, 2.75) is 18.8 Å². The Bertz CT molecular complexity index is 1180. The molecule has 2 heterocycles. The average molecular weight is 388 g/mol. The molecule has 0 bridgehead atoms. The molecule has 1 aliphatic carbocycles. The molecule has 0 amide bonds. The van der Waals surface area contributed by atoms with Gasteiger partial charge < -0.3 is 14.8 Å². The monoisotopic (exact) mass is 387 g/mol. The van der Waals surface area contributed by atoms with Gasteiger partial charge in [0.1, 0.15) is 5.75 Å². The number of carbonyl (C=O) groups is 1. The number of pyridine rings is 1. The molecule has 0 spiro atoms. The number of aliphatic carboxylic acids is 1. The molecule has 0 atom stereocenters. The van der Waals surface area contributed by atoms with Gasteiger partial charge in [-0.1, -0.05) is 11.6 Å². The largest absolute Gasteiger partial charge is 0.481 e. The Labute approximate surface area is 156 Å². The molecule has 0 radical (unpaired) electrons. The molecule has 9 heteroatoms. The maximum absolute atomic E-state index is 12.3. The molecule has 0 unspecified atom stereocenters. The highest BCUT2D eigenvalue weighted by molar-refractivity contribution is 6.31. The van der Waals surface area contributed by atoms with Crippen molar-refractivity contribution in [2.24, 2.45) is 0 Å². The van der Waals surface area contributed by atoms with Crippen LogP contribution in [-0.4, -0.2) is 32.6 Å². The number of carboxylic acids is 1. The van der Waals surface area contributed by atoms with Crippen molar-refractivity contribution in [1.29, 1.82) is 0 Å². The van der Waals surface area contributed by atoms with Crippen LogP contribution in [0.4, 0.5) is 0 Å². The molecular weight excluding hydrogens is 374 g/mol. The van der Waals surface area contributed by atoms with E-state index in [1.165, 1.54) is 0 Å². The molecule has 27 heavy (non-hydrogen) atoms. The Balaban J connectivity index is 1.95. The quantitative estimate of drug-likeness (QED) is 0.616. The minimum absolute atomic E-state index is 0.109. The molecule has 1 saturated carbocycles. The third kappa shape index (κ3) is 3.43. The molecule has 0 aliphatic heterocycles. The van der Waals surface area contributed by atoms with Crippen LogP contribution >= 0.6 is 11.6 Å². The predicted octanol–water partition coefficient (Wildman–Crippen LogP) is 2.27. The highest BCUT2D eigenvalue weighted by Crippen LogP contribution is 2.44. The third-order valence-corrected chi connectivity index (χ3v) is 4.55. The van der Waals surface area contributed by atoms with Crippen molar-refractivity contribution in [2.75, 3.05) is 6.61 Å². The number of aromatic nitrogens is 3. The van der Waals surface area contributed by atoms with Crippen LogP contribution < -0.4 is 16.0 Å². The molecule has 8 nitrogen and oxygen atoms in total. The lowest BCUT2D eigenvalue weighted by molar-refractivity contribution is -0.139. The lowest BCUT2D eigenvalue weighted by Crippen LogP contribution is -2.23. The van der Waals surface area contributed by atoms with Crippen molar-refractivity contribution < 1.29 is 14.6 Å². The van der Waals surface area contributed by atoms with Gasteiger partial charge in [0.2, 0.25) is 0 Å². The Morgan fingerprint density at radius 1 is 1.26 bits per heavy atom. The minimum atomic E-state index is -1.12. The molecule has 1 aliphatic rings. The number of rotatable bonds is 5. The van der Waals surface area contributed by atoms with E-state index >= 15 is 0 Å². The van der Waals surface area contributed by atoms with E-state index in [9.17, 15) is 14.4 Å². The fourth-order valence-corrected chi connectivity index (χ4v) is 3.16. The van der Waals surface area contributed by atoms with E-state index in [0.29, 0.717) is 21.8 Å². The number of hydrogen-bond acceptors (Lipinski definition) is 5. The van der Waals surface area contributed by atoms with Crippen LogP contribution in [0.2, 0.25) is 5.02 Å². The molecule has 138 valence electrons. The SMILES string of the molecule is O=C(O)COc1ccc(Cl)cc1-c1cc(C2CC2)c2[nH]c(=O)[nH]c(=O)c2n1. The van der Waals surface area contributed by atoms with Crippen LogP contribution in [0, 0.1) is 0 Å². The second-order valence-corrected chi connectivity index (χ2v) is 6.76. The highest BCUT2D eigenvalue weighted by Gasteiger charge is 2.28. The maximum atomic E-state index is 12.3. The van der Waals surface area contributed by atoms with Gasteiger partial charge in [0.05, 0.1) is 11.2 Å².